The molecule has 0 aliphatic heterocycles. The molecule has 0 heterocycles. The minimum atomic E-state index is -0.155. The first kappa shape index (κ1) is 29.1. The van der Waals surface area contributed by atoms with Crippen molar-refractivity contribution in [2.75, 3.05) is 0 Å². The molecule has 0 aromatic heterocycles. The molecule has 0 saturated carbocycles. The van der Waals surface area contributed by atoms with Crippen LogP contribution < -0.4 is 0 Å². The third kappa shape index (κ3) is 3.85. The summed E-state index contributed by atoms with van der Waals surface area (Å²) in [4.78, 5) is 0. The van der Waals surface area contributed by atoms with Crippen LogP contribution in [0.4, 0.5) is 0 Å². The maximum absolute atomic E-state index is 2.49. The molecule has 0 fully saturated rings. The van der Waals surface area contributed by atoms with Gasteiger partial charge in [0.25, 0.3) is 0 Å². The lowest BCUT2D eigenvalue weighted by Gasteiger charge is -2.23. The van der Waals surface area contributed by atoms with Crippen LogP contribution in [0.2, 0.25) is 0 Å². The van der Waals surface area contributed by atoms with Crippen LogP contribution in [0.3, 0.4) is 0 Å². The molecule has 0 bridgehead atoms. The average molecular weight is 671 g/mol. The predicted molar refractivity (Wildman–Crippen MR) is 227 cm³/mol. The molecule has 0 saturated heterocycles. The molecule has 0 atom stereocenters. The van der Waals surface area contributed by atoms with Crippen molar-refractivity contribution >= 4 is 53.9 Å². The zero-order valence-corrected chi connectivity index (χ0v) is 29.7. The quantitative estimate of drug-likeness (QED) is 0.161. The van der Waals surface area contributed by atoms with E-state index in [2.05, 4.69) is 184 Å². The molecule has 0 nitrogen and oxygen atoms in total. The lowest BCUT2D eigenvalue weighted by atomic mass is 9.80. The molecular formula is C53H34. The van der Waals surface area contributed by atoms with E-state index in [-0.39, 0.29) is 5.41 Å². The zero-order valence-electron chi connectivity index (χ0n) is 29.7. The van der Waals surface area contributed by atoms with Gasteiger partial charge in [-0.1, -0.05) is 166 Å². The van der Waals surface area contributed by atoms with Gasteiger partial charge < -0.3 is 0 Å². The first-order valence-electron chi connectivity index (χ1n) is 18.8. The van der Waals surface area contributed by atoms with Gasteiger partial charge in [-0.05, 0) is 139 Å². The second-order valence-electron chi connectivity index (χ2n) is 15.6. The summed E-state index contributed by atoms with van der Waals surface area (Å²) in [5, 5.41) is 13.1. The Morgan fingerprint density at radius 2 is 0.774 bits per heavy atom. The van der Waals surface area contributed by atoms with E-state index >= 15 is 0 Å². The maximum Gasteiger partial charge on any atom is 0.0159 e. The Hall–Kier alpha value is -6.50. The lowest BCUT2D eigenvalue weighted by Crippen LogP contribution is -2.15. The summed E-state index contributed by atoms with van der Waals surface area (Å²) in [6, 6.07) is 64.1. The van der Waals surface area contributed by atoms with Gasteiger partial charge in [-0.3, -0.25) is 0 Å². The van der Waals surface area contributed by atoms with Crippen molar-refractivity contribution in [1.29, 1.82) is 0 Å². The van der Waals surface area contributed by atoms with Gasteiger partial charge in [-0.2, -0.15) is 0 Å². The van der Waals surface area contributed by atoms with Crippen LogP contribution in [0.15, 0.2) is 170 Å². The van der Waals surface area contributed by atoms with Crippen LogP contribution in [0.1, 0.15) is 25.0 Å². The molecular weight excluding hydrogens is 637 g/mol. The SMILES string of the molecule is CC1(C)c2cc(-c3ccc4c5c(cccc35)-c3ccccc3-4)ccc2-c2ccc(-c3cc4ccc5ccccc5c4c4c3ccc3ccccc34)cc21. The molecule has 0 unspecified atom stereocenters. The fraction of sp³-hybridized carbons (Fsp3) is 0.0566. The van der Waals surface area contributed by atoms with Gasteiger partial charge in [0.15, 0.2) is 0 Å². The molecule has 10 aromatic rings. The number of benzene rings is 10. The minimum Gasteiger partial charge on any atom is -0.0616 e. The number of fused-ring (bicyclic) bond motifs is 13. The van der Waals surface area contributed by atoms with Gasteiger partial charge in [0, 0.05) is 5.41 Å². The smallest absolute Gasteiger partial charge is 0.0159 e. The van der Waals surface area contributed by atoms with Crippen LogP contribution in [-0.4, -0.2) is 0 Å². The molecule has 12 rings (SSSR count). The summed E-state index contributed by atoms with van der Waals surface area (Å²) in [6.07, 6.45) is 0. The molecule has 0 N–H and O–H groups in total. The molecule has 0 spiro atoms. The van der Waals surface area contributed by atoms with Crippen molar-refractivity contribution < 1.29 is 0 Å². The first-order valence-corrected chi connectivity index (χ1v) is 18.8. The van der Waals surface area contributed by atoms with E-state index in [1.165, 1.54) is 121 Å². The first-order chi connectivity index (χ1) is 26.0. The summed E-state index contributed by atoms with van der Waals surface area (Å²) in [6.45, 7) is 4.82. The highest BCUT2D eigenvalue weighted by atomic mass is 14.4. The number of hydrogen-bond acceptors (Lipinski definition) is 0. The average Bonchev–Trinajstić information content (AvgIpc) is 3.65. The van der Waals surface area contributed by atoms with Crippen LogP contribution in [0, 0.1) is 0 Å². The Kier molecular flexibility index (Phi) is 5.66. The summed E-state index contributed by atoms with van der Waals surface area (Å²) in [7, 11) is 0. The molecule has 53 heavy (non-hydrogen) atoms. The molecule has 2 aliphatic carbocycles. The topological polar surface area (TPSA) is 0 Å². The third-order valence-corrected chi connectivity index (χ3v) is 12.6. The van der Waals surface area contributed by atoms with Crippen LogP contribution >= 0.6 is 0 Å². The van der Waals surface area contributed by atoms with Crippen LogP contribution in [-0.2, 0) is 5.41 Å². The van der Waals surface area contributed by atoms with Crippen LogP contribution in [0.25, 0.3) is 109 Å². The summed E-state index contributed by atoms with van der Waals surface area (Å²) < 4.78 is 0. The van der Waals surface area contributed by atoms with E-state index in [1.807, 2.05) is 0 Å². The standard InChI is InChI=1S/C53H34/c1-53(2)48-29-33(36-26-27-45-40-15-8-7-14-39(40)44-17-9-16-43(36)51(44)45)21-23-41(48)42-24-22-34(30-49(42)53)47-28-35-19-18-31-10-3-5-12-37(31)50(35)52-38-13-6-4-11-32(38)20-25-46(47)52/h3-30H,1-2H3. The van der Waals surface area contributed by atoms with Gasteiger partial charge in [0.05, 0.1) is 0 Å². The Bertz CT molecular complexity index is 3220. The van der Waals surface area contributed by atoms with E-state index < -0.39 is 0 Å². The second kappa shape index (κ2) is 10.3. The fourth-order valence-corrected chi connectivity index (χ4v) is 10.1. The summed E-state index contributed by atoms with van der Waals surface area (Å²) in [5.41, 5.74) is 15.8. The Labute approximate surface area is 308 Å². The molecule has 0 radical (unpaired) electrons. The van der Waals surface area contributed by atoms with Crippen molar-refractivity contribution in [3.05, 3.63) is 181 Å². The Morgan fingerprint density at radius 1 is 0.283 bits per heavy atom. The highest BCUT2D eigenvalue weighted by Crippen LogP contribution is 2.53. The van der Waals surface area contributed by atoms with Crippen molar-refractivity contribution in [3.63, 3.8) is 0 Å². The Morgan fingerprint density at radius 3 is 1.49 bits per heavy atom. The van der Waals surface area contributed by atoms with Crippen LogP contribution in [0.5, 0.6) is 0 Å². The minimum absolute atomic E-state index is 0.155. The van der Waals surface area contributed by atoms with E-state index in [0.717, 1.165) is 0 Å². The molecule has 0 heteroatoms. The van der Waals surface area contributed by atoms with E-state index in [4.69, 9.17) is 0 Å². The monoisotopic (exact) mass is 670 g/mol. The predicted octanol–water partition coefficient (Wildman–Crippen LogP) is 14.7. The highest BCUT2D eigenvalue weighted by Gasteiger charge is 2.36. The fourth-order valence-electron chi connectivity index (χ4n) is 10.1. The van der Waals surface area contributed by atoms with E-state index in [0.29, 0.717) is 0 Å². The molecule has 0 amide bonds. The van der Waals surface area contributed by atoms with Gasteiger partial charge in [-0.25, -0.2) is 0 Å². The van der Waals surface area contributed by atoms with Crippen molar-refractivity contribution in [1.82, 2.24) is 0 Å². The summed E-state index contributed by atoms with van der Waals surface area (Å²) in [5.74, 6) is 0. The van der Waals surface area contributed by atoms with E-state index in [9.17, 15) is 0 Å². The van der Waals surface area contributed by atoms with Gasteiger partial charge in [-0.15, -0.1) is 0 Å². The van der Waals surface area contributed by atoms with E-state index in [1.54, 1.807) is 0 Å². The third-order valence-electron chi connectivity index (χ3n) is 12.6. The Balaban J connectivity index is 1.03. The molecule has 2 aliphatic rings. The number of hydrogen-bond donors (Lipinski definition) is 0. The van der Waals surface area contributed by atoms with Gasteiger partial charge >= 0.3 is 0 Å². The van der Waals surface area contributed by atoms with Gasteiger partial charge in [0.1, 0.15) is 0 Å². The van der Waals surface area contributed by atoms with Gasteiger partial charge in [0.2, 0.25) is 0 Å². The van der Waals surface area contributed by atoms with Crippen molar-refractivity contribution in [3.8, 4) is 55.6 Å². The maximum atomic E-state index is 2.49. The van der Waals surface area contributed by atoms with Crippen molar-refractivity contribution in [2.45, 2.75) is 19.3 Å². The molecule has 246 valence electrons. The highest BCUT2D eigenvalue weighted by molar-refractivity contribution is 6.30. The largest absolute Gasteiger partial charge is 0.0616 e. The summed E-state index contributed by atoms with van der Waals surface area (Å²) >= 11 is 0. The molecule has 10 aromatic carbocycles. The number of rotatable bonds is 2. The zero-order chi connectivity index (χ0) is 35.0. The lowest BCUT2D eigenvalue weighted by molar-refractivity contribution is 0.661. The second-order valence-corrected chi connectivity index (χ2v) is 15.6. The normalized spacial score (nSPS) is 13.6. The van der Waals surface area contributed by atoms with Crippen molar-refractivity contribution in [2.24, 2.45) is 0 Å².